The largest absolute Gasteiger partial charge is 0.382 e. The molecule has 1 saturated heterocycles. The molecule has 0 spiro atoms. The molecule has 1 unspecified atom stereocenters. The Balaban J connectivity index is 2.37. The van der Waals surface area contributed by atoms with Gasteiger partial charge in [0.2, 0.25) is 5.91 Å². The summed E-state index contributed by atoms with van der Waals surface area (Å²) >= 11 is 0. The summed E-state index contributed by atoms with van der Waals surface area (Å²) < 4.78 is 4.81. The van der Waals surface area contributed by atoms with Crippen LogP contribution in [0.15, 0.2) is 0 Å². The summed E-state index contributed by atoms with van der Waals surface area (Å²) in [6.07, 6.45) is 1.60. The van der Waals surface area contributed by atoms with Gasteiger partial charge in [-0.1, -0.05) is 0 Å². The first-order chi connectivity index (χ1) is 9.06. The normalized spacial score (nSPS) is 19.1. The van der Waals surface area contributed by atoms with E-state index in [0.717, 1.165) is 12.8 Å². The van der Waals surface area contributed by atoms with Crippen molar-refractivity contribution in [1.82, 2.24) is 15.3 Å². The number of carbonyl (C=O) groups excluding carboxylic acids is 2. The molecule has 0 aliphatic carbocycles. The number of hydroxylamine groups is 1. The van der Waals surface area contributed by atoms with Gasteiger partial charge in [-0.2, -0.15) is 0 Å². The third-order valence-corrected chi connectivity index (χ3v) is 3.01. The summed E-state index contributed by atoms with van der Waals surface area (Å²) in [6, 6.07) is -0.0576. The van der Waals surface area contributed by atoms with Crippen molar-refractivity contribution in [2.75, 3.05) is 47.5 Å². The fourth-order valence-electron chi connectivity index (χ4n) is 1.98. The van der Waals surface area contributed by atoms with Gasteiger partial charge in [-0.25, -0.2) is 10.3 Å². The van der Waals surface area contributed by atoms with Crippen LogP contribution >= 0.6 is 0 Å². The first kappa shape index (κ1) is 15.7. The quantitative estimate of drug-likeness (QED) is 0.568. The zero-order valence-electron chi connectivity index (χ0n) is 11.8. The lowest BCUT2D eigenvalue weighted by molar-refractivity contribution is -0.140. The van der Waals surface area contributed by atoms with Crippen LogP contribution in [0.2, 0.25) is 0 Å². The molecule has 19 heavy (non-hydrogen) atoms. The van der Waals surface area contributed by atoms with E-state index in [2.05, 4.69) is 5.48 Å². The van der Waals surface area contributed by atoms with Crippen molar-refractivity contribution in [1.29, 1.82) is 0 Å². The Morgan fingerprint density at radius 1 is 1.37 bits per heavy atom. The van der Waals surface area contributed by atoms with E-state index in [-0.39, 0.29) is 17.9 Å². The van der Waals surface area contributed by atoms with Gasteiger partial charge in [0, 0.05) is 34.3 Å². The number of hydrogen-bond donors (Lipinski definition) is 1. The zero-order chi connectivity index (χ0) is 14.3. The number of methoxy groups -OCH3 is 1. The maximum absolute atomic E-state index is 11.9. The molecule has 1 N–H and O–H groups in total. The number of amides is 3. The Hall–Kier alpha value is -1.34. The van der Waals surface area contributed by atoms with Crippen LogP contribution in [0.5, 0.6) is 0 Å². The molecule has 1 rings (SSSR count). The lowest BCUT2D eigenvalue weighted by Gasteiger charge is -2.33. The first-order valence-electron chi connectivity index (χ1n) is 6.43. The predicted molar refractivity (Wildman–Crippen MR) is 69.4 cm³/mol. The molecule has 1 atom stereocenters. The SMILES string of the molecule is COCCONC(=O)C1CCCN(C(=O)N(C)C)C1. The van der Waals surface area contributed by atoms with Gasteiger partial charge in [0.25, 0.3) is 0 Å². The van der Waals surface area contributed by atoms with E-state index < -0.39 is 0 Å². The van der Waals surface area contributed by atoms with E-state index in [1.165, 1.54) is 4.90 Å². The number of likely N-dealkylation sites (tertiary alicyclic amines) is 1. The number of ether oxygens (including phenoxy) is 1. The van der Waals surface area contributed by atoms with Gasteiger partial charge in [0.1, 0.15) is 0 Å². The highest BCUT2D eigenvalue weighted by atomic mass is 16.7. The summed E-state index contributed by atoms with van der Waals surface area (Å²) in [4.78, 5) is 31.9. The molecule has 0 aromatic carbocycles. The summed E-state index contributed by atoms with van der Waals surface area (Å²) in [5.74, 6) is -0.382. The van der Waals surface area contributed by atoms with Crippen molar-refractivity contribution in [2.24, 2.45) is 5.92 Å². The third-order valence-electron chi connectivity index (χ3n) is 3.01. The minimum Gasteiger partial charge on any atom is -0.382 e. The van der Waals surface area contributed by atoms with Crippen LogP contribution in [-0.2, 0) is 14.4 Å². The second kappa shape index (κ2) is 7.96. The van der Waals surface area contributed by atoms with Crippen LogP contribution in [0.3, 0.4) is 0 Å². The molecule has 1 aliphatic rings. The highest BCUT2D eigenvalue weighted by Crippen LogP contribution is 2.17. The van der Waals surface area contributed by atoms with Crippen molar-refractivity contribution in [3.63, 3.8) is 0 Å². The molecule has 0 saturated carbocycles. The molecule has 1 heterocycles. The Morgan fingerprint density at radius 3 is 2.74 bits per heavy atom. The summed E-state index contributed by atoms with van der Waals surface area (Å²) in [5.41, 5.74) is 2.41. The molecule has 7 heteroatoms. The first-order valence-corrected chi connectivity index (χ1v) is 6.43. The minimum atomic E-state index is -0.208. The fourth-order valence-corrected chi connectivity index (χ4v) is 1.98. The van der Waals surface area contributed by atoms with Crippen molar-refractivity contribution in [3.05, 3.63) is 0 Å². The van der Waals surface area contributed by atoms with Gasteiger partial charge >= 0.3 is 6.03 Å². The zero-order valence-corrected chi connectivity index (χ0v) is 11.8. The number of nitrogens with zero attached hydrogens (tertiary/aromatic N) is 2. The summed E-state index contributed by atoms with van der Waals surface area (Å²) in [7, 11) is 4.98. The number of urea groups is 1. The monoisotopic (exact) mass is 273 g/mol. The topological polar surface area (TPSA) is 71.1 Å². The second-order valence-electron chi connectivity index (χ2n) is 4.77. The Bertz CT molecular complexity index is 309. The van der Waals surface area contributed by atoms with Gasteiger partial charge in [-0.3, -0.25) is 9.63 Å². The van der Waals surface area contributed by atoms with Gasteiger partial charge in [0.15, 0.2) is 0 Å². The molecule has 1 aliphatic heterocycles. The maximum atomic E-state index is 11.9. The summed E-state index contributed by atoms with van der Waals surface area (Å²) in [5, 5.41) is 0. The van der Waals surface area contributed by atoms with Gasteiger partial charge in [-0.05, 0) is 12.8 Å². The predicted octanol–water partition coefficient (Wildman–Crippen LogP) is 0.0742. The smallest absolute Gasteiger partial charge is 0.319 e. The fraction of sp³-hybridized carbons (Fsp3) is 0.833. The molecular weight excluding hydrogens is 250 g/mol. The van der Waals surface area contributed by atoms with Crippen LogP contribution in [0.1, 0.15) is 12.8 Å². The molecule has 1 fully saturated rings. The van der Waals surface area contributed by atoms with Crippen molar-refractivity contribution in [3.8, 4) is 0 Å². The summed E-state index contributed by atoms with van der Waals surface area (Å²) in [6.45, 7) is 1.88. The van der Waals surface area contributed by atoms with Gasteiger partial charge < -0.3 is 14.5 Å². The molecule has 0 aromatic rings. The molecule has 7 nitrogen and oxygen atoms in total. The standard InChI is InChI=1S/C12H23N3O4/c1-14(2)12(17)15-6-4-5-10(9-15)11(16)13-19-8-7-18-3/h10H,4-9H2,1-3H3,(H,13,16). The van der Waals surface area contributed by atoms with Crippen LogP contribution in [0, 0.1) is 5.92 Å². The van der Waals surface area contributed by atoms with Crippen molar-refractivity contribution in [2.45, 2.75) is 12.8 Å². The highest BCUT2D eigenvalue weighted by molar-refractivity contribution is 5.80. The van der Waals surface area contributed by atoms with Crippen LogP contribution in [0.25, 0.3) is 0 Å². The average Bonchev–Trinajstić information content (AvgIpc) is 2.42. The van der Waals surface area contributed by atoms with E-state index in [0.29, 0.717) is 26.3 Å². The average molecular weight is 273 g/mol. The van der Waals surface area contributed by atoms with Crippen LogP contribution in [0.4, 0.5) is 4.79 Å². The second-order valence-corrected chi connectivity index (χ2v) is 4.77. The maximum Gasteiger partial charge on any atom is 0.319 e. The molecule has 0 radical (unpaired) electrons. The van der Waals surface area contributed by atoms with Gasteiger partial charge in [-0.15, -0.1) is 0 Å². The molecule has 0 bridgehead atoms. The van der Waals surface area contributed by atoms with Gasteiger partial charge in [0.05, 0.1) is 19.1 Å². The number of hydrogen-bond acceptors (Lipinski definition) is 4. The Labute approximate surface area is 113 Å². The van der Waals surface area contributed by atoms with Crippen molar-refractivity contribution >= 4 is 11.9 Å². The van der Waals surface area contributed by atoms with E-state index in [1.54, 1.807) is 26.1 Å². The molecule has 0 aromatic heterocycles. The van der Waals surface area contributed by atoms with E-state index in [9.17, 15) is 9.59 Å². The molecule has 110 valence electrons. The lowest BCUT2D eigenvalue weighted by Crippen LogP contribution is -2.48. The van der Waals surface area contributed by atoms with E-state index >= 15 is 0 Å². The lowest BCUT2D eigenvalue weighted by atomic mass is 9.98. The van der Waals surface area contributed by atoms with Crippen molar-refractivity contribution < 1.29 is 19.2 Å². The molecule has 3 amide bonds. The van der Waals surface area contributed by atoms with E-state index in [4.69, 9.17) is 9.57 Å². The number of rotatable bonds is 5. The number of carbonyl (C=O) groups is 2. The number of nitrogens with one attached hydrogen (secondary N) is 1. The highest BCUT2D eigenvalue weighted by Gasteiger charge is 2.29. The van der Waals surface area contributed by atoms with Crippen LogP contribution in [-0.4, -0.2) is 69.2 Å². The Kier molecular flexibility index (Phi) is 6.58. The third kappa shape index (κ3) is 5.04. The van der Waals surface area contributed by atoms with Crippen LogP contribution < -0.4 is 5.48 Å². The number of piperidine rings is 1. The minimum absolute atomic E-state index is 0.0576. The van der Waals surface area contributed by atoms with E-state index in [1.807, 2.05) is 0 Å². The molecular formula is C12H23N3O4. The Morgan fingerprint density at radius 2 is 2.11 bits per heavy atom.